The van der Waals surface area contributed by atoms with Gasteiger partial charge in [-0.1, -0.05) is 84.0 Å². The Morgan fingerprint density at radius 2 is 1.55 bits per heavy atom. The molecule has 0 N–H and O–H groups in total. The van der Waals surface area contributed by atoms with Crippen LogP contribution in [-0.4, -0.2) is 4.57 Å². The van der Waals surface area contributed by atoms with Crippen molar-refractivity contribution in [3.63, 3.8) is 0 Å². The van der Waals surface area contributed by atoms with Gasteiger partial charge in [-0.25, -0.2) is 0 Å². The number of halogens is 1. The van der Waals surface area contributed by atoms with Crippen LogP contribution in [0.3, 0.4) is 0 Å². The molecular weight excluding hydrogens is 394 g/mol. The maximum Gasteiger partial charge on any atom is 0.0512 e. The molecule has 1 nitrogen and oxygen atoms in total. The molecule has 0 atom stereocenters. The summed E-state index contributed by atoms with van der Waals surface area (Å²) in [5.74, 6) is 0. The summed E-state index contributed by atoms with van der Waals surface area (Å²) < 4.78 is 2.39. The highest BCUT2D eigenvalue weighted by Gasteiger charge is 2.16. The monoisotopic (exact) mass is 413 g/mol. The van der Waals surface area contributed by atoms with Gasteiger partial charge in [0.2, 0.25) is 0 Å². The van der Waals surface area contributed by atoms with Crippen LogP contribution >= 0.6 is 23.4 Å². The summed E-state index contributed by atoms with van der Waals surface area (Å²) in [5.41, 5.74) is 3.74. The van der Waals surface area contributed by atoms with Gasteiger partial charge >= 0.3 is 0 Å². The van der Waals surface area contributed by atoms with Crippen molar-refractivity contribution < 1.29 is 0 Å². The van der Waals surface area contributed by atoms with Crippen LogP contribution in [0.1, 0.15) is 11.3 Å². The van der Waals surface area contributed by atoms with Crippen molar-refractivity contribution in [1.29, 1.82) is 0 Å². The molecule has 0 radical (unpaired) electrons. The maximum absolute atomic E-state index is 6.37. The van der Waals surface area contributed by atoms with Gasteiger partial charge in [-0.2, -0.15) is 0 Å². The number of aromatic nitrogens is 1. The van der Waals surface area contributed by atoms with Gasteiger partial charge in [0.1, 0.15) is 0 Å². The van der Waals surface area contributed by atoms with Crippen LogP contribution in [0.25, 0.3) is 21.7 Å². The molecule has 0 aliphatic heterocycles. The lowest BCUT2D eigenvalue weighted by Crippen LogP contribution is -2.01. The third kappa shape index (κ3) is 3.55. The first-order valence-electron chi connectivity index (χ1n) is 9.68. The van der Waals surface area contributed by atoms with E-state index in [0.717, 1.165) is 11.6 Å². The molecule has 3 heteroatoms. The Balaban J connectivity index is 1.62. The molecular formula is C26H20ClNS. The highest BCUT2D eigenvalue weighted by Crippen LogP contribution is 2.39. The van der Waals surface area contributed by atoms with Crippen LogP contribution in [0.4, 0.5) is 0 Å². The fraction of sp³-hybridized carbons (Fsp3) is 0.0769. The van der Waals surface area contributed by atoms with Crippen molar-refractivity contribution in [1.82, 2.24) is 4.57 Å². The number of rotatable bonds is 4. The summed E-state index contributed by atoms with van der Waals surface area (Å²) in [7, 11) is 0. The first kappa shape index (κ1) is 18.4. The van der Waals surface area contributed by atoms with Gasteiger partial charge in [0.25, 0.3) is 0 Å². The standard InChI is InChI=1S/C26H20ClNS/c1-18-26(29-23-9-3-2-4-10-23)24-14-13-22(27)16-25(24)28(18)17-19-11-12-20-7-5-6-8-21(20)15-19/h2-16H,17H2,1H3. The van der Waals surface area contributed by atoms with E-state index in [1.54, 1.807) is 0 Å². The highest BCUT2D eigenvalue weighted by atomic mass is 35.5. The second-order valence-corrected chi connectivity index (χ2v) is 8.78. The van der Waals surface area contributed by atoms with Crippen molar-refractivity contribution in [2.75, 3.05) is 0 Å². The summed E-state index contributed by atoms with van der Waals surface area (Å²) in [6.07, 6.45) is 0. The molecule has 0 aliphatic rings. The van der Waals surface area contributed by atoms with E-state index in [-0.39, 0.29) is 0 Å². The van der Waals surface area contributed by atoms with Gasteiger partial charge in [0, 0.05) is 32.4 Å². The molecule has 5 aromatic rings. The third-order valence-electron chi connectivity index (χ3n) is 5.35. The van der Waals surface area contributed by atoms with E-state index in [9.17, 15) is 0 Å². The van der Waals surface area contributed by atoms with Gasteiger partial charge in [0.15, 0.2) is 0 Å². The minimum absolute atomic E-state index is 0.769. The largest absolute Gasteiger partial charge is 0.339 e. The predicted molar refractivity (Wildman–Crippen MR) is 125 cm³/mol. The van der Waals surface area contributed by atoms with E-state index in [1.165, 1.54) is 42.7 Å². The van der Waals surface area contributed by atoms with E-state index in [2.05, 4.69) is 96.4 Å². The van der Waals surface area contributed by atoms with E-state index in [1.807, 2.05) is 17.8 Å². The average molecular weight is 414 g/mol. The summed E-state index contributed by atoms with van der Waals surface area (Å²) in [6.45, 7) is 3.03. The number of nitrogens with zero attached hydrogens (tertiary/aromatic N) is 1. The molecule has 4 aromatic carbocycles. The Morgan fingerprint density at radius 3 is 2.38 bits per heavy atom. The number of fused-ring (bicyclic) bond motifs is 2. The van der Waals surface area contributed by atoms with Crippen molar-refractivity contribution in [3.8, 4) is 0 Å². The molecule has 1 heterocycles. The van der Waals surface area contributed by atoms with E-state index in [4.69, 9.17) is 11.6 Å². The zero-order valence-corrected chi connectivity index (χ0v) is 17.7. The Labute approximate surface area is 179 Å². The minimum atomic E-state index is 0.769. The van der Waals surface area contributed by atoms with Gasteiger partial charge < -0.3 is 4.57 Å². The average Bonchev–Trinajstić information content (AvgIpc) is 2.99. The first-order chi connectivity index (χ1) is 14.2. The molecule has 0 bridgehead atoms. The lowest BCUT2D eigenvalue weighted by molar-refractivity contribution is 0.795. The maximum atomic E-state index is 6.37. The Morgan fingerprint density at radius 1 is 0.793 bits per heavy atom. The summed E-state index contributed by atoms with van der Waals surface area (Å²) in [5, 5.41) is 4.57. The Hall–Kier alpha value is -2.68. The van der Waals surface area contributed by atoms with Crippen LogP contribution in [0.5, 0.6) is 0 Å². The lowest BCUT2D eigenvalue weighted by Gasteiger charge is -2.10. The van der Waals surface area contributed by atoms with Crippen LogP contribution < -0.4 is 0 Å². The first-order valence-corrected chi connectivity index (χ1v) is 10.9. The zero-order valence-electron chi connectivity index (χ0n) is 16.1. The van der Waals surface area contributed by atoms with E-state index >= 15 is 0 Å². The van der Waals surface area contributed by atoms with E-state index < -0.39 is 0 Å². The van der Waals surface area contributed by atoms with Crippen LogP contribution in [-0.2, 0) is 6.54 Å². The van der Waals surface area contributed by atoms with Crippen molar-refractivity contribution in [2.24, 2.45) is 0 Å². The molecule has 0 saturated carbocycles. The minimum Gasteiger partial charge on any atom is -0.339 e. The molecule has 5 rings (SSSR count). The van der Waals surface area contributed by atoms with E-state index in [0.29, 0.717) is 0 Å². The molecule has 0 saturated heterocycles. The van der Waals surface area contributed by atoms with Crippen molar-refractivity contribution in [3.05, 3.63) is 107 Å². The number of hydrogen-bond donors (Lipinski definition) is 0. The topological polar surface area (TPSA) is 4.93 Å². The third-order valence-corrected chi connectivity index (χ3v) is 6.81. The lowest BCUT2D eigenvalue weighted by atomic mass is 10.1. The zero-order chi connectivity index (χ0) is 19.8. The van der Waals surface area contributed by atoms with Gasteiger partial charge in [-0.3, -0.25) is 0 Å². The molecule has 0 amide bonds. The summed E-state index contributed by atoms with van der Waals surface area (Å²) >= 11 is 8.19. The van der Waals surface area contributed by atoms with Crippen molar-refractivity contribution in [2.45, 2.75) is 23.3 Å². The summed E-state index contributed by atoms with van der Waals surface area (Å²) in [6, 6.07) is 32.0. The van der Waals surface area contributed by atoms with Gasteiger partial charge in [-0.05, 0) is 53.6 Å². The molecule has 0 aliphatic carbocycles. The number of hydrogen-bond acceptors (Lipinski definition) is 1. The second-order valence-electron chi connectivity index (χ2n) is 7.26. The molecule has 29 heavy (non-hydrogen) atoms. The highest BCUT2D eigenvalue weighted by molar-refractivity contribution is 7.99. The molecule has 0 unspecified atom stereocenters. The fourth-order valence-corrected chi connectivity index (χ4v) is 5.11. The van der Waals surface area contributed by atoms with Crippen LogP contribution in [0.2, 0.25) is 5.02 Å². The molecule has 1 aromatic heterocycles. The normalized spacial score (nSPS) is 11.4. The molecule has 142 valence electrons. The van der Waals surface area contributed by atoms with Crippen molar-refractivity contribution >= 4 is 45.0 Å². The summed E-state index contributed by atoms with van der Waals surface area (Å²) in [4.78, 5) is 2.54. The number of benzene rings is 4. The van der Waals surface area contributed by atoms with Crippen LogP contribution in [0, 0.1) is 6.92 Å². The fourth-order valence-electron chi connectivity index (χ4n) is 3.88. The smallest absolute Gasteiger partial charge is 0.0512 e. The van der Waals surface area contributed by atoms with Crippen LogP contribution in [0.15, 0.2) is 101 Å². The second kappa shape index (κ2) is 7.62. The Kier molecular flexibility index (Phi) is 4.83. The predicted octanol–water partition coefficient (Wildman–Crippen LogP) is 7.96. The van der Waals surface area contributed by atoms with Gasteiger partial charge in [-0.15, -0.1) is 0 Å². The van der Waals surface area contributed by atoms with Gasteiger partial charge in [0.05, 0.1) is 5.52 Å². The molecule has 0 fully saturated rings. The Bertz CT molecular complexity index is 1320. The SMILES string of the molecule is Cc1c(Sc2ccccc2)c2ccc(Cl)cc2n1Cc1ccc2ccccc2c1. The quantitative estimate of drug-likeness (QED) is 0.289. The molecule has 0 spiro atoms.